The van der Waals surface area contributed by atoms with E-state index < -0.39 is 6.61 Å². The van der Waals surface area contributed by atoms with Crippen LogP contribution in [0.2, 0.25) is 0 Å². The molecule has 3 rings (SSSR count). The van der Waals surface area contributed by atoms with Gasteiger partial charge in [-0.3, -0.25) is 4.79 Å². The summed E-state index contributed by atoms with van der Waals surface area (Å²) in [5.41, 5.74) is 1.69. The van der Waals surface area contributed by atoms with Crippen molar-refractivity contribution in [2.45, 2.75) is 6.61 Å². The van der Waals surface area contributed by atoms with Crippen LogP contribution in [0.1, 0.15) is 10.4 Å². The van der Waals surface area contributed by atoms with Crippen LogP contribution in [-0.2, 0) is 0 Å². The number of alkyl halides is 2. The largest absolute Gasteiger partial charge is 0.435 e. The third-order valence-corrected chi connectivity index (χ3v) is 3.20. The van der Waals surface area contributed by atoms with Gasteiger partial charge in [0.15, 0.2) is 0 Å². The van der Waals surface area contributed by atoms with E-state index in [1.54, 1.807) is 30.5 Å². The van der Waals surface area contributed by atoms with E-state index in [0.29, 0.717) is 16.9 Å². The van der Waals surface area contributed by atoms with Crippen molar-refractivity contribution in [3.8, 4) is 11.4 Å². The van der Waals surface area contributed by atoms with Crippen LogP contribution in [0.5, 0.6) is 5.75 Å². The molecule has 0 radical (unpaired) electrons. The lowest BCUT2D eigenvalue weighted by Crippen LogP contribution is -2.10. The summed E-state index contributed by atoms with van der Waals surface area (Å²) in [7, 11) is 0. The van der Waals surface area contributed by atoms with Crippen molar-refractivity contribution in [3.05, 3.63) is 72.6 Å². The number of nitrogens with one attached hydrogen (secondary N) is 1. The number of benzene rings is 2. The molecule has 0 aliphatic heterocycles. The molecule has 0 bridgehead atoms. The summed E-state index contributed by atoms with van der Waals surface area (Å²) >= 11 is 0. The van der Waals surface area contributed by atoms with Crippen molar-refractivity contribution in [2.75, 3.05) is 5.32 Å². The zero-order valence-electron chi connectivity index (χ0n) is 12.4. The average Bonchev–Trinajstić information content (AvgIpc) is 3.06. The van der Waals surface area contributed by atoms with Crippen LogP contribution in [0.4, 0.5) is 14.5 Å². The van der Waals surface area contributed by atoms with Gasteiger partial charge in [0.25, 0.3) is 5.91 Å². The molecule has 5 nitrogen and oxygen atoms in total. The van der Waals surface area contributed by atoms with Gasteiger partial charge in [-0.15, -0.1) is 0 Å². The highest BCUT2D eigenvalue weighted by Crippen LogP contribution is 2.17. The topological polar surface area (TPSA) is 56.2 Å². The normalized spacial score (nSPS) is 10.6. The summed E-state index contributed by atoms with van der Waals surface area (Å²) < 4.78 is 30.0. The molecule has 24 heavy (non-hydrogen) atoms. The zero-order chi connectivity index (χ0) is 16.9. The van der Waals surface area contributed by atoms with Crippen LogP contribution in [0.15, 0.2) is 67.0 Å². The van der Waals surface area contributed by atoms with Gasteiger partial charge in [0, 0.05) is 11.9 Å². The van der Waals surface area contributed by atoms with Crippen molar-refractivity contribution in [1.82, 2.24) is 9.78 Å². The second-order valence-corrected chi connectivity index (χ2v) is 4.87. The fourth-order valence-corrected chi connectivity index (χ4v) is 2.09. The minimum Gasteiger partial charge on any atom is -0.435 e. The van der Waals surface area contributed by atoms with E-state index in [2.05, 4.69) is 15.2 Å². The smallest absolute Gasteiger partial charge is 0.387 e. The van der Waals surface area contributed by atoms with Crippen molar-refractivity contribution >= 4 is 11.6 Å². The summed E-state index contributed by atoms with van der Waals surface area (Å²) in [6.45, 7) is -2.87. The second-order valence-electron chi connectivity index (χ2n) is 4.87. The number of hydrogen-bond donors (Lipinski definition) is 1. The highest BCUT2D eigenvalue weighted by Gasteiger charge is 2.10. The van der Waals surface area contributed by atoms with Gasteiger partial charge in [0.1, 0.15) is 5.75 Å². The van der Waals surface area contributed by atoms with E-state index in [-0.39, 0.29) is 11.7 Å². The Morgan fingerprint density at radius 3 is 2.46 bits per heavy atom. The quantitative estimate of drug-likeness (QED) is 0.776. The van der Waals surface area contributed by atoms with E-state index >= 15 is 0 Å². The number of aromatic nitrogens is 2. The number of ether oxygens (including phenoxy) is 1. The molecule has 3 aromatic rings. The first-order valence-corrected chi connectivity index (χ1v) is 7.08. The molecule has 0 spiro atoms. The Kier molecular flexibility index (Phi) is 4.51. The second kappa shape index (κ2) is 6.91. The number of carbonyl (C=O) groups excluding carboxylic acids is 1. The van der Waals surface area contributed by atoms with Gasteiger partial charge in [-0.25, -0.2) is 4.68 Å². The maximum absolute atomic E-state index is 12.2. The molecular weight excluding hydrogens is 316 g/mol. The standard InChI is InChI=1S/C17H13F2N3O2/c18-17(19)24-15-8-6-14(7-9-15)22-11-12(10-20-22)16(23)21-13-4-2-1-3-5-13/h1-11,17H,(H,21,23). The number of anilines is 1. The van der Waals surface area contributed by atoms with Crippen LogP contribution in [-0.4, -0.2) is 22.3 Å². The predicted molar refractivity (Wildman–Crippen MR) is 84.6 cm³/mol. The summed E-state index contributed by atoms with van der Waals surface area (Å²) in [6.07, 6.45) is 2.99. The SMILES string of the molecule is O=C(Nc1ccccc1)c1cnn(-c2ccc(OC(F)F)cc2)c1. The maximum Gasteiger partial charge on any atom is 0.387 e. The molecule has 0 saturated carbocycles. The molecule has 1 N–H and O–H groups in total. The first-order chi connectivity index (χ1) is 11.6. The molecule has 0 atom stereocenters. The molecule has 0 saturated heterocycles. The van der Waals surface area contributed by atoms with Crippen LogP contribution in [0.3, 0.4) is 0 Å². The van der Waals surface area contributed by atoms with E-state index in [1.165, 1.54) is 23.0 Å². The number of amides is 1. The molecule has 0 aliphatic carbocycles. The molecule has 2 aromatic carbocycles. The van der Waals surface area contributed by atoms with Gasteiger partial charge < -0.3 is 10.1 Å². The summed E-state index contributed by atoms with van der Waals surface area (Å²) in [4.78, 5) is 12.2. The van der Waals surface area contributed by atoms with E-state index in [0.717, 1.165) is 0 Å². The van der Waals surface area contributed by atoms with Crippen LogP contribution < -0.4 is 10.1 Å². The van der Waals surface area contributed by atoms with E-state index in [1.807, 2.05) is 18.2 Å². The number of halogens is 2. The summed E-state index contributed by atoms with van der Waals surface area (Å²) in [6, 6.07) is 15.0. The molecule has 0 aliphatic rings. The van der Waals surface area contributed by atoms with Gasteiger partial charge in [0.05, 0.1) is 17.4 Å². The Morgan fingerprint density at radius 1 is 1.08 bits per heavy atom. The number of nitrogens with zero attached hydrogens (tertiary/aromatic N) is 2. The highest BCUT2D eigenvalue weighted by molar-refractivity contribution is 6.03. The summed E-state index contributed by atoms with van der Waals surface area (Å²) in [5, 5.41) is 6.86. The first-order valence-electron chi connectivity index (χ1n) is 7.08. The molecule has 7 heteroatoms. The van der Waals surface area contributed by atoms with Gasteiger partial charge in [0.2, 0.25) is 0 Å². The third-order valence-electron chi connectivity index (χ3n) is 3.20. The van der Waals surface area contributed by atoms with Crippen molar-refractivity contribution in [3.63, 3.8) is 0 Å². The predicted octanol–water partition coefficient (Wildman–Crippen LogP) is 3.73. The van der Waals surface area contributed by atoms with Gasteiger partial charge in [-0.1, -0.05) is 18.2 Å². The Balaban J connectivity index is 1.72. The van der Waals surface area contributed by atoms with Gasteiger partial charge in [-0.05, 0) is 36.4 Å². The lowest BCUT2D eigenvalue weighted by atomic mass is 10.3. The number of para-hydroxylation sites is 1. The zero-order valence-corrected chi connectivity index (χ0v) is 12.4. The molecular formula is C17H13F2N3O2. The monoisotopic (exact) mass is 329 g/mol. The Hall–Kier alpha value is -3.22. The first kappa shape index (κ1) is 15.7. The number of hydrogen-bond acceptors (Lipinski definition) is 3. The molecule has 1 aromatic heterocycles. The minimum absolute atomic E-state index is 0.0583. The Bertz CT molecular complexity index is 817. The highest BCUT2D eigenvalue weighted by atomic mass is 19.3. The van der Waals surface area contributed by atoms with Crippen molar-refractivity contribution < 1.29 is 18.3 Å². The lowest BCUT2D eigenvalue weighted by molar-refractivity contribution is -0.0498. The maximum atomic E-state index is 12.2. The molecule has 0 fully saturated rings. The third kappa shape index (κ3) is 3.75. The van der Waals surface area contributed by atoms with Crippen LogP contribution in [0, 0.1) is 0 Å². The van der Waals surface area contributed by atoms with Gasteiger partial charge >= 0.3 is 6.61 Å². The fourth-order valence-electron chi connectivity index (χ4n) is 2.09. The molecule has 1 heterocycles. The average molecular weight is 329 g/mol. The molecule has 0 unspecified atom stereocenters. The molecule has 1 amide bonds. The summed E-state index contributed by atoms with van der Waals surface area (Å²) in [5.74, 6) is -0.229. The Labute approximate surface area is 136 Å². The number of rotatable bonds is 5. The minimum atomic E-state index is -2.87. The van der Waals surface area contributed by atoms with Crippen molar-refractivity contribution in [2.24, 2.45) is 0 Å². The van der Waals surface area contributed by atoms with Crippen LogP contribution in [0.25, 0.3) is 5.69 Å². The van der Waals surface area contributed by atoms with Gasteiger partial charge in [-0.2, -0.15) is 13.9 Å². The van der Waals surface area contributed by atoms with Crippen LogP contribution >= 0.6 is 0 Å². The van der Waals surface area contributed by atoms with Crippen molar-refractivity contribution in [1.29, 1.82) is 0 Å². The fraction of sp³-hybridized carbons (Fsp3) is 0.0588. The van der Waals surface area contributed by atoms with E-state index in [9.17, 15) is 13.6 Å². The van der Waals surface area contributed by atoms with E-state index in [4.69, 9.17) is 0 Å². The number of carbonyl (C=O) groups is 1. The lowest BCUT2D eigenvalue weighted by Gasteiger charge is -2.05. The molecule has 122 valence electrons. The Morgan fingerprint density at radius 2 is 1.79 bits per heavy atom.